The zero-order valence-corrected chi connectivity index (χ0v) is 15.4. The molecular formula is C21H24ClN3. The van der Waals surface area contributed by atoms with E-state index >= 15 is 0 Å². The van der Waals surface area contributed by atoms with Crippen LogP contribution in [-0.4, -0.2) is 26.2 Å². The molecule has 3 aliphatic rings. The van der Waals surface area contributed by atoms with Crippen LogP contribution in [0.3, 0.4) is 0 Å². The lowest BCUT2D eigenvalue weighted by molar-refractivity contribution is 0.470. The van der Waals surface area contributed by atoms with Gasteiger partial charge in [0.05, 0.1) is 10.7 Å². The smallest absolute Gasteiger partial charge is 0.0641 e. The molecule has 3 nitrogen and oxygen atoms in total. The quantitative estimate of drug-likeness (QED) is 0.834. The van der Waals surface area contributed by atoms with Gasteiger partial charge in [0.25, 0.3) is 0 Å². The van der Waals surface area contributed by atoms with Crippen LogP contribution in [0.25, 0.3) is 0 Å². The average Bonchev–Trinajstić information content (AvgIpc) is 3.07. The van der Waals surface area contributed by atoms with Gasteiger partial charge in [-0.3, -0.25) is 0 Å². The predicted octanol–water partition coefficient (Wildman–Crippen LogP) is 4.46. The highest BCUT2D eigenvalue weighted by molar-refractivity contribution is 6.33. The van der Waals surface area contributed by atoms with Crippen molar-refractivity contribution in [3.63, 3.8) is 0 Å². The highest BCUT2D eigenvalue weighted by Gasteiger charge is 2.38. The molecule has 0 bridgehead atoms. The van der Waals surface area contributed by atoms with Crippen molar-refractivity contribution in [1.82, 2.24) is 5.32 Å². The van der Waals surface area contributed by atoms with Gasteiger partial charge in [-0.1, -0.05) is 17.7 Å². The third-order valence-electron chi connectivity index (χ3n) is 6.00. The summed E-state index contributed by atoms with van der Waals surface area (Å²) in [6.07, 6.45) is 2.44. The fraction of sp³-hybridized carbons (Fsp3) is 0.429. The Hall–Kier alpha value is -1.71. The second kappa shape index (κ2) is 5.93. The normalized spacial score (nSPS) is 24.0. The van der Waals surface area contributed by atoms with E-state index in [-0.39, 0.29) is 0 Å². The molecule has 2 N–H and O–H groups in total. The summed E-state index contributed by atoms with van der Waals surface area (Å²) in [5.74, 6) is 1.40. The van der Waals surface area contributed by atoms with Crippen LogP contribution in [0.1, 0.15) is 29.0 Å². The summed E-state index contributed by atoms with van der Waals surface area (Å²) in [6.45, 7) is 6.79. The van der Waals surface area contributed by atoms with E-state index in [1.165, 1.54) is 54.0 Å². The van der Waals surface area contributed by atoms with Crippen molar-refractivity contribution in [3.05, 3.63) is 52.0 Å². The summed E-state index contributed by atoms with van der Waals surface area (Å²) >= 11 is 6.41. The lowest BCUT2D eigenvalue weighted by Crippen LogP contribution is -2.41. The molecule has 2 aromatic carbocycles. The maximum absolute atomic E-state index is 6.41. The molecule has 0 spiro atoms. The molecule has 3 aliphatic heterocycles. The summed E-state index contributed by atoms with van der Waals surface area (Å²) in [7, 11) is 0. The first-order valence-electron chi connectivity index (χ1n) is 9.35. The van der Waals surface area contributed by atoms with Gasteiger partial charge >= 0.3 is 0 Å². The first-order valence-corrected chi connectivity index (χ1v) is 9.72. The molecule has 0 aromatic heterocycles. The summed E-state index contributed by atoms with van der Waals surface area (Å²) in [5.41, 5.74) is 7.95. The summed E-state index contributed by atoms with van der Waals surface area (Å²) in [4.78, 5) is 2.63. The Balaban J connectivity index is 1.58. The van der Waals surface area contributed by atoms with Gasteiger partial charge in [0.2, 0.25) is 0 Å². The zero-order chi connectivity index (χ0) is 17.0. The van der Waals surface area contributed by atoms with Crippen LogP contribution in [0.4, 0.5) is 17.1 Å². The average molecular weight is 354 g/mol. The predicted molar refractivity (Wildman–Crippen MR) is 106 cm³/mol. The van der Waals surface area contributed by atoms with Gasteiger partial charge in [-0.15, -0.1) is 0 Å². The molecule has 25 heavy (non-hydrogen) atoms. The van der Waals surface area contributed by atoms with Gasteiger partial charge in [-0.25, -0.2) is 0 Å². The fourth-order valence-corrected chi connectivity index (χ4v) is 5.03. The lowest BCUT2D eigenvalue weighted by Gasteiger charge is -2.42. The summed E-state index contributed by atoms with van der Waals surface area (Å²) in [6, 6.07) is 10.9. The van der Waals surface area contributed by atoms with Gasteiger partial charge in [0.1, 0.15) is 0 Å². The Morgan fingerprint density at radius 2 is 2.12 bits per heavy atom. The van der Waals surface area contributed by atoms with E-state index in [0.717, 1.165) is 29.7 Å². The standard InChI is InChI=1S/C21H24ClN3/c1-13-4-5-19(22)20(7-13)24-16-8-14-3-2-6-25-12-15-10-23-11-18(15)17(9-16)21(14)25/h4-5,7-9,15,18,23-24H,2-3,6,10-12H2,1H3/t15?,18-/m1/s1. The first kappa shape index (κ1) is 15.5. The van der Waals surface area contributed by atoms with Gasteiger partial charge in [0.15, 0.2) is 0 Å². The monoisotopic (exact) mass is 353 g/mol. The number of rotatable bonds is 2. The summed E-state index contributed by atoms with van der Waals surface area (Å²) in [5, 5.41) is 7.97. The Labute approximate surface area is 154 Å². The molecule has 0 saturated carbocycles. The number of nitrogens with one attached hydrogen (secondary N) is 2. The van der Waals surface area contributed by atoms with Crippen molar-refractivity contribution in [2.24, 2.45) is 5.92 Å². The topological polar surface area (TPSA) is 27.3 Å². The molecule has 0 amide bonds. The zero-order valence-electron chi connectivity index (χ0n) is 14.6. The fourth-order valence-electron chi connectivity index (χ4n) is 4.87. The highest BCUT2D eigenvalue weighted by atomic mass is 35.5. The SMILES string of the molecule is Cc1ccc(Cl)c(Nc2cc3c4c(c2)[C@@H]2CNCC2CN4CCC3)c1. The van der Waals surface area contributed by atoms with Crippen molar-refractivity contribution in [2.45, 2.75) is 25.7 Å². The Bertz CT molecular complexity index is 832. The molecular weight excluding hydrogens is 330 g/mol. The molecule has 3 heterocycles. The molecule has 1 unspecified atom stereocenters. The molecule has 1 saturated heterocycles. The number of anilines is 3. The number of fused-ring (bicyclic) bond motifs is 2. The molecule has 0 aliphatic carbocycles. The molecule has 1 fully saturated rings. The van der Waals surface area contributed by atoms with E-state index in [2.05, 4.69) is 46.7 Å². The molecule has 4 heteroatoms. The maximum Gasteiger partial charge on any atom is 0.0641 e. The van der Waals surface area contributed by atoms with E-state index in [1.54, 1.807) is 0 Å². The Kier molecular flexibility index (Phi) is 3.68. The minimum absolute atomic E-state index is 0.651. The molecule has 130 valence electrons. The number of hydrogen-bond donors (Lipinski definition) is 2. The van der Waals surface area contributed by atoms with Crippen LogP contribution < -0.4 is 15.5 Å². The second-order valence-corrected chi connectivity index (χ2v) is 8.16. The highest BCUT2D eigenvalue weighted by Crippen LogP contribution is 2.46. The number of aryl methyl sites for hydroxylation is 2. The van der Waals surface area contributed by atoms with E-state index < -0.39 is 0 Å². The van der Waals surface area contributed by atoms with Crippen LogP contribution in [0.15, 0.2) is 30.3 Å². The van der Waals surface area contributed by atoms with Gasteiger partial charge in [-0.2, -0.15) is 0 Å². The maximum atomic E-state index is 6.41. The van der Waals surface area contributed by atoms with Crippen LogP contribution in [0.2, 0.25) is 5.02 Å². The van der Waals surface area contributed by atoms with Crippen molar-refractivity contribution in [1.29, 1.82) is 0 Å². The van der Waals surface area contributed by atoms with E-state index in [4.69, 9.17) is 11.6 Å². The molecule has 2 atom stereocenters. The third kappa shape index (κ3) is 2.61. The van der Waals surface area contributed by atoms with Crippen LogP contribution in [-0.2, 0) is 6.42 Å². The number of benzene rings is 2. The molecule has 5 rings (SSSR count). The molecule has 0 radical (unpaired) electrons. The number of nitrogens with zero attached hydrogens (tertiary/aromatic N) is 1. The van der Waals surface area contributed by atoms with Gasteiger partial charge in [0, 0.05) is 43.5 Å². The van der Waals surface area contributed by atoms with Gasteiger partial charge in [-0.05, 0) is 66.6 Å². The third-order valence-corrected chi connectivity index (χ3v) is 6.33. The van der Waals surface area contributed by atoms with Crippen molar-refractivity contribution >= 4 is 28.7 Å². The van der Waals surface area contributed by atoms with Crippen LogP contribution in [0.5, 0.6) is 0 Å². The first-order chi connectivity index (χ1) is 12.2. The summed E-state index contributed by atoms with van der Waals surface area (Å²) < 4.78 is 0. The Morgan fingerprint density at radius 3 is 3.04 bits per heavy atom. The van der Waals surface area contributed by atoms with E-state index in [9.17, 15) is 0 Å². The van der Waals surface area contributed by atoms with Crippen LogP contribution >= 0.6 is 11.6 Å². The minimum atomic E-state index is 0.651. The number of halogens is 1. The largest absolute Gasteiger partial charge is 0.371 e. The lowest BCUT2D eigenvalue weighted by atomic mass is 9.80. The van der Waals surface area contributed by atoms with Crippen molar-refractivity contribution in [2.75, 3.05) is 36.4 Å². The van der Waals surface area contributed by atoms with Crippen LogP contribution in [0, 0.1) is 12.8 Å². The van der Waals surface area contributed by atoms with E-state index in [0.29, 0.717) is 5.92 Å². The molecule has 2 aromatic rings. The van der Waals surface area contributed by atoms with Gasteiger partial charge < -0.3 is 15.5 Å². The second-order valence-electron chi connectivity index (χ2n) is 7.76. The minimum Gasteiger partial charge on any atom is -0.371 e. The number of hydrogen-bond acceptors (Lipinski definition) is 3. The van der Waals surface area contributed by atoms with E-state index in [1.807, 2.05) is 6.07 Å². The van der Waals surface area contributed by atoms with Crippen molar-refractivity contribution in [3.8, 4) is 0 Å². The van der Waals surface area contributed by atoms with Crippen molar-refractivity contribution < 1.29 is 0 Å². The Morgan fingerprint density at radius 1 is 1.20 bits per heavy atom.